The molecule has 4 N–H and O–H groups in total. The van der Waals surface area contributed by atoms with Crippen molar-refractivity contribution < 1.29 is 27.9 Å². The molecule has 0 spiro atoms. The van der Waals surface area contributed by atoms with Gasteiger partial charge in [-0.25, -0.2) is 0 Å². The smallest absolute Gasteiger partial charge is 0.416 e. The van der Waals surface area contributed by atoms with Gasteiger partial charge in [-0.05, 0) is 55.8 Å². The van der Waals surface area contributed by atoms with E-state index in [1.807, 2.05) is 4.90 Å². The second-order valence-electron chi connectivity index (χ2n) is 8.75. The Morgan fingerprint density at radius 2 is 1.97 bits per heavy atom. The predicted molar refractivity (Wildman–Crippen MR) is 136 cm³/mol. The molecule has 1 aliphatic rings. The van der Waals surface area contributed by atoms with E-state index in [9.17, 15) is 32.7 Å². The topological polar surface area (TPSA) is 116 Å². The Morgan fingerprint density at radius 3 is 2.68 bits per heavy atom. The number of fused-ring (bicyclic) bond motifs is 1. The number of alkyl halides is 3. The summed E-state index contributed by atoms with van der Waals surface area (Å²) in [5.74, 6) is -1.08. The summed E-state index contributed by atoms with van der Waals surface area (Å²) in [6, 6.07) is 6.53. The van der Waals surface area contributed by atoms with Crippen molar-refractivity contribution in [2.45, 2.75) is 36.4 Å². The van der Waals surface area contributed by atoms with E-state index < -0.39 is 29.2 Å². The molecular weight excluding hydrogens is 531 g/mol. The number of pyridine rings is 1. The van der Waals surface area contributed by atoms with Gasteiger partial charge < -0.3 is 15.8 Å². The van der Waals surface area contributed by atoms with Gasteiger partial charge in [0.2, 0.25) is 5.91 Å². The lowest BCUT2D eigenvalue weighted by Gasteiger charge is -2.21. The summed E-state index contributed by atoms with van der Waals surface area (Å²) in [6.45, 7) is 0.982. The fourth-order valence-electron chi connectivity index (χ4n) is 4.47. The molecule has 4 rings (SSSR count). The third-order valence-electron chi connectivity index (χ3n) is 6.27. The number of hydrogen-bond acceptors (Lipinski definition) is 6. The first-order valence-corrected chi connectivity index (χ1v) is 12.8. The molecule has 1 aromatic heterocycles. The van der Waals surface area contributed by atoms with Crippen LogP contribution in [-0.4, -0.2) is 51.6 Å². The van der Waals surface area contributed by atoms with Gasteiger partial charge in [-0.3, -0.25) is 19.3 Å². The van der Waals surface area contributed by atoms with Crippen molar-refractivity contribution in [3.05, 3.63) is 57.3 Å². The minimum atomic E-state index is -4.64. The highest BCUT2D eigenvalue weighted by molar-refractivity contribution is 8.00. The number of aromatic amines is 1. The summed E-state index contributed by atoms with van der Waals surface area (Å²) in [5.41, 5.74) is 4.12. The highest BCUT2D eigenvalue weighted by atomic mass is 35.5. The minimum Gasteiger partial charge on any atom is -0.507 e. The number of Topliss-reactive ketones (excluding diaryl/α,β-unsaturated/α-hetero) is 1. The molecule has 37 heavy (non-hydrogen) atoms. The molecule has 0 aliphatic carbocycles. The standard InChI is InChI=1S/C25H23ClF3N3O4S/c26-14-4-6-20(34)17(11-14)21-16-10-13(25(27,28)29)3-5-18(16)31-24(36)22(21)37-12-15(33)7-9-32-8-1-2-19(32)23(30)35/h3-6,10-11,19,34H,1-2,7-9,12H2,(H2,30,35)(H,31,36). The van der Waals surface area contributed by atoms with Crippen LogP contribution in [0.4, 0.5) is 13.2 Å². The van der Waals surface area contributed by atoms with E-state index >= 15 is 0 Å². The number of carbonyl (C=O) groups is 2. The number of halogens is 4. The molecule has 2 aromatic carbocycles. The number of nitrogens with zero attached hydrogens (tertiary/aromatic N) is 1. The summed E-state index contributed by atoms with van der Waals surface area (Å²) in [5, 5.41) is 10.8. The number of likely N-dealkylation sites (tertiary alicyclic amines) is 1. The molecule has 0 bridgehead atoms. The summed E-state index contributed by atoms with van der Waals surface area (Å²) in [6.07, 6.45) is -3.09. The predicted octanol–water partition coefficient (Wildman–Crippen LogP) is 4.57. The monoisotopic (exact) mass is 553 g/mol. The van der Waals surface area contributed by atoms with Gasteiger partial charge in [0.15, 0.2) is 0 Å². The minimum absolute atomic E-state index is 0.0195. The van der Waals surface area contributed by atoms with Crippen LogP contribution in [0.25, 0.3) is 22.0 Å². The van der Waals surface area contributed by atoms with Crippen LogP contribution in [0.1, 0.15) is 24.8 Å². The van der Waals surface area contributed by atoms with Gasteiger partial charge in [0.1, 0.15) is 11.5 Å². The molecule has 1 aliphatic heterocycles. The highest BCUT2D eigenvalue weighted by Gasteiger charge is 2.32. The number of nitrogens with one attached hydrogen (secondary N) is 1. The number of aromatic hydroxyl groups is 1. The Labute approximate surface area is 218 Å². The zero-order chi connectivity index (χ0) is 26.9. The first kappa shape index (κ1) is 27.0. The Balaban J connectivity index is 1.69. The van der Waals surface area contributed by atoms with E-state index in [1.165, 1.54) is 18.2 Å². The van der Waals surface area contributed by atoms with Gasteiger partial charge >= 0.3 is 6.18 Å². The van der Waals surface area contributed by atoms with Crippen molar-refractivity contribution >= 4 is 46.0 Å². The van der Waals surface area contributed by atoms with Crippen molar-refractivity contribution in [3.63, 3.8) is 0 Å². The number of ketones is 1. The number of carbonyl (C=O) groups excluding carboxylic acids is 2. The van der Waals surface area contributed by atoms with E-state index in [1.54, 1.807) is 0 Å². The molecule has 196 valence electrons. The van der Waals surface area contributed by atoms with Crippen LogP contribution in [0.2, 0.25) is 5.02 Å². The number of rotatable bonds is 8. The Bertz CT molecular complexity index is 1430. The fourth-order valence-corrected chi connectivity index (χ4v) is 5.64. The number of primary amides is 1. The molecule has 1 saturated heterocycles. The number of benzene rings is 2. The van der Waals surface area contributed by atoms with E-state index in [0.717, 1.165) is 36.4 Å². The maximum absolute atomic E-state index is 13.5. The van der Waals surface area contributed by atoms with Crippen LogP contribution in [0.3, 0.4) is 0 Å². The Hall–Kier alpha value is -3.02. The van der Waals surface area contributed by atoms with E-state index in [2.05, 4.69) is 4.98 Å². The molecule has 1 unspecified atom stereocenters. The van der Waals surface area contributed by atoms with Crippen LogP contribution in [-0.2, 0) is 15.8 Å². The van der Waals surface area contributed by atoms with Crippen LogP contribution in [0, 0.1) is 0 Å². The van der Waals surface area contributed by atoms with E-state index in [4.69, 9.17) is 17.3 Å². The number of thioether (sulfide) groups is 1. The number of phenols is 1. The zero-order valence-corrected chi connectivity index (χ0v) is 21.0. The fraction of sp³-hybridized carbons (Fsp3) is 0.320. The van der Waals surface area contributed by atoms with Gasteiger partial charge in [0, 0.05) is 40.0 Å². The van der Waals surface area contributed by atoms with Gasteiger partial charge in [-0.2, -0.15) is 13.2 Å². The first-order chi connectivity index (χ1) is 17.5. The lowest BCUT2D eigenvalue weighted by Crippen LogP contribution is -2.41. The molecule has 3 aromatic rings. The third kappa shape index (κ3) is 5.94. The van der Waals surface area contributed by atoms with Crippen LogP contribution in [0.15, 0.2) is 46.1 Å². The quantitative estimate of drug-likeness (QED) is 0.352. The molecule has 1 fully saturated rings. The van der Waals surface area contributed by atoms with Gasteiger partial charge in [0.25, 0.3) is 5.56 Å². The van der Waals surface area contributed by atoms with Gasteiger partial charge in [-0.1, -0.05) is 11.6 Å². The largest absolute Gasteiger partial charge is 0.507 e. The normalized spacial score (nSPS) is 16.4. The first-order valence-electron chi connectivity index (χ1n) is 11.4. The summed E-state index contributed by atoms with van der Waals surface area (Å²) < 4.78 is 40.5. The number of hydrogen-bond donors (Lipinski definition) is 3. The van der Waals surface area contributed by atoms with Crippen molar-refractivity contribution in [1.29, 1.82) is 0 Å². The van der Waals surface area contributed by atoms with Crippen molar-refractivity contribution in [3.8, 4) is 16.9 Å². The highest BCUT2D eigenvalue weighted by Crippen LogP contribution is 2.42. The molecule has 0 radical (unpaired) electrons. The Kier molecular flexibility index (Phi) is 7.86. The third-order valence-corrected chi connectivity index (χ3v) is 7.65. The van der Waals surface area contributed by atoms with Crippen molar-refractivity contribution in [2.24, 2.45) is 5.73 Å². The maximum atomic E-state index is 13.5. The van der Waals surface area contributed by atoms with E-state index in [-0.39, 0.29) is 55.7 Å². The number of phenolic OH excluding ortho intramolecular Hbond substituents is 1. The number of nitrogens with two attached hydrogens (primary N) is 1. The second-order valence-corrected chi connectivity index (χ2v) is 10.2. The molecule has 1 amide bonds. The second kappa shape index (κ2) is 10.8. The van der Waals surface area contributed by atoms with Crippen molar-refractivity contribution in [2.75, 3.05) is 18.8 Å². The SMILES string of the molecule is NC(=O)C1CCCN1CCC(=O)CSc1c(-c2cc(Cl)ccc2O)c2cc(C(F)(F)F)ccc2[nH]c1=O. The van der Waals surface area contributed by atoms with E-state index in [0.29, 0.717) is 19.5 Å². The molecule has 12 heteroatoms. The van der Waals surface area contributed by atoms with Gasteiger partial charge in [0.05, 0.1) is 22.3 Å². The molecule has 0 saturated carbocycles. The lowest BCUT2D eigenvalue weighted by molar-refractivity contribution is -0.137. The average Bonchev–Trinajstić information content (AvgIpc) is 3.31. The number of aromatic nitrogens is 1. The van der Waals surface area contributed by atoms with Crippen LogP contribution >= 0.6 is 23.4 Å². The molecule has 2 heterocycles. The lowest BCUT2D eigenvalue weighted by atomic mass is 9.98. The number of amides is 1. The summed E-state index contributed by atoms with van der Waals surface area (Å²) in [7, 11) is 0. The van der Waals surface area contributed by atoms with Crippen LogP contribution < -0.4 is 11.3 Å². The van der Waals surface area contributed by atoms with Gasteiger partial charge in [-0.15, -0.1) is 11.8 Å². The molecular formula is C25H23ClF3N3O4S. The molecule has 7 nitrogen and oxygen atoms in total. The van der Waals surface area contributed by atoms with Crippen molar-refractivity contribution in [1.82, 2.24) is 9.88 Å². The number of H-pyrrole nitrogens is 1. The Morgan fingerprint density at radius 1 is 1.22 bits per heavy atom. The summed E-state index contributed by atoms with van der Waals surface area (Å²) in [4.78, 5) is 41.7. The molecule has 1 atom stereocenters. The maximum Gasteiger partial charge on any atom is 0.416 e. The zero-order valence-electron chi connectivity index (χ0n) is 19.4. The van der Waals surface area contributed by atoms with Crippen LogP contribution in [0.5, 0.6) is 5.75 Å². The summed E-state index contributed by atoms with van der Waals surface area (Å²) >= 11 is 6.97. The average molecular weight is 554 g/mol.